The maximum Gasteiger partial charge on any atom is 0.126 e. The second-order valence-corrected chi connectivity index (χ2v) is 4.50. The van der Waals surface area contributed by atoms with Crippen molar-refractivity contribution in [2.24, 2.45) is 0 Å². The van der Waals surface area contributed by atoms with Crippen molar-refractivity contribution in [1.82, 2.24) is 5.32 Å². The van der Waals surface area contributed by atoms with Crippen molar-refractivity contribution < 1.29 is 4.39 Å². The summed E-state index contributed by atoms with van der Waals surface area (Å²) in [6, 6.07) is 5.47. The molecule has 1 N–H and O–H groups in total. The highest BCUT2D eigenvalue weighted by Crippen LogP contribution is 2.19. The molecule has 1 aromatic carbocycles. The van der Waals surface area contributed by atoms with Gasteiger partial charge in [0.25, 0.3) is 0 Å². The number of nitrogens with one attached hydrogen (secondary N) is 1. The van der Waals surface area contributed by atoms with Crippen LogP contribution in [-0.4, -0.2) is 12.6 Å². The summed E-state index contributed by atoms with van der Waals surface area (Å²) in [5.74, 6) is -0.147. The van der Waals surface area contributed by atoms with Crippen molar-refractivity contribution in [2.75, 3.05) is 6.54 Å². The molecule has 0 atom stereocenters. The van der Waals surface area contributed by atoms with Gasteiger partial charge in [0.15, 0.2) is 0 Å². The maximum atomic E-state index is 13.3. The van der Waals surface area contributed by atoms with Gasteiger partial charge in [-0.05, 0) is 56.0 Å². The zero-order valence-corrected chi connectivity index (χ0v) is 9.36. The maximum absolute atomic E-state index is 13.3. The third-order valence-electron chi connectivity index (χ3n) is 2.64. The Kier molecular flexibility index (Phi) is 3.60. The lowest BCUT2D eigenvalue weighted by atomic mass is 10.1. The van der Waals surface area contributed by atoms with Crippen LogP contribution in [0.2, 0.25) is 5.02 Å². The molecule has 0 radical (unpaired) electrons. The van der Waals surface area contributed by atoms with Gasteiger partial charge in [-0.2, -0.15) is 0 Å². The predicted octanol–water partition coefficient (Wildman–Crippen LogP) is 3.16. The quantitative estimate of drug-likeness (QED) is 0.762. The van der Waals surface area contributed by atoms with Crippen LogP contribution in [0, 0.1) is 5.82 Å². The van der Waals surface area contributed by atoms with Crippen molar-refractivity contribution in [3.8, 4) is 0 Å². The first-order valence-corrected chi connectivity index (χ1v) is 5.81. The van der Waals surface area contributed by atoms with Crippen molar-refractivity contribution in [3.63, 3.8) is 0 Å². The van der Waals surface area contributed by atoms with Crippen molar-refractivity contribution in [2.45, 2.75) is 31.7 Å². The molecular weight excluding hydrogens is 213 g/mol. The summed E-state index contributed by atoms with van der Waals surface area (Å²) >= 11 is 5.81. The molecule has 0 spiro atoms. The molecule has 1 aliphatic rings. The average Bonchev–Trinajstić information content (AvgIpc) is 3.01. The number of hydrogen-bond donors (Lipinski definition) is 1. The molecule has 0 amide bonds. The van der Waals surface area contributed by atoms with Gasteiger partial charge < -0.3 is 5.32 Å². The molecule has 1 fully saturated rings. The first kappa shape index (κ1) is 10.9. The van der Waals surface area contributed by atoms with E-state index in [-0.39, 0.29) is 5.82 Å². The monoisotopic (exact) mass is 227 g/mol. The van der Waals surface area contributed by atoms with E-state index in [1.807, 2.05) is 0 Å². The highest BCUT2D eigenvalue weighted by molar-refractivity contribution is 6.30. The second kappa shape index (κ2) is 4.95. The Bertz CT molecular complexity index is 336. The van der Waals surface area contributed by atoms with Gasteiger partial charge in [0, 0.05) is 11.1 Å². The van der Waals surface area contributed by atoms with Crippen LogP contribution in [0.4, 0.5) is 4.39 Å². The molecule has 3 heteroatoms. The van der Waals surface area contributed by atoms with E-state index in [4.69, 9.17) is 11.6 Å². The Morgan fingerprint density at radius 3 is 2.93 bits per heavy atom. The molecular formula is C12H15ClFN. The van der Waals surface area contributed by atoms with E-state index in [1.165, 1.54) is 18.9 Å². The summed E-state index contributed by atoms with van der Waals surface area (Å²) in [5, 5.41) is 4.02. The average molecular weight is 228 g/mol. The Morgan fingerprint density at radius 2 is 2.20 bits per heavy atom. The van der Waals surface area contributed by atoms with Crippen molar-refractivity contribution in [3.05, 3.63) is 34.6 Å². The first-order valence-electron chi connectivity index (χ1n) is 5.43. The topological polar surface area (TPSA) is 12.0 Å². The van der Waals surface area contributed by atoms with E-state index in [9.17, 15) is 4.39 Å². The minimum Gasteiger partial charge on any atom is -0.314 e. The Balaban J connectivity index is 1.78. The van der Waals surface area contributed by atoms with E-state index in [1.54, 1.807) is 12.1 Å². The van der Waals surface area contributed by atoms with Gasteiger partial charge in [-0.1, -0.05) is 11.6 Å². The number of benzene rings is 1. The van der Waals surface area contributed by atoms with E-state index >= 15 is 0 Å². The van der Waals surface area contributed by atoms with Crippen LogP contribution < -0.4 is 5.32 Å². The lowest BCUT2D eigenvalue weighted by Crippen LogP contribution is -2.18. The fourth-order valence-electron chi connectivity index (χ4n) is 1.61. The molecule has 82 valence electrons. The largest absolute Gasteiger partial charge is 0.314 e. The number of halogens is 2. The summed E-state index contributed by atoms with van der Waals surface area (Å²) in [6.07, 6.45) is 4.32. The smallest absolute Gasteiger partial charge is 0.126 e. The van der Waals surface area contributed by atoms with E-state index in [2.05, 4.69) is 5.32 Å². The van der Waals surface area contributed by atoms with Crippen LogP contribution in [0.15, 0.2) is 18.2 Å². The summed E-state index contributed by atoms with van der Waals surface area (Å²) < 4.78 is 13.3. The number of aryl methyl sites for hydroxylation is 1. The van der Waals surface area contributed by atoms with Crippen LogP contribution in [0.25, 0.3) is 0 Å². The number of rotatable bonds is 5. The van der Waals surface area contributed by atoms with Crippen LogP contribution >= 0.6 is 11.6 Å². The number of hydrogen-bond acceptors (Lipinski definition) is 1. The molecule has 0 aliphatic heterocycles. The summed E-state index contributed by atoms with van der Waals surface area (Å²) in [5.41, 5.74) is 0.722. The van der Waals surface area contributed by atoms with Gasteiger partial charge in [0.2, 0.25) is 0 Å². The SMILES string of the molecule is Fc1ccc(Cl)cc1CCCNC1CC1. The van der Waals surface area contributed by atoms with Crippen LogP contribution in [0.3, 0.4) is 0 Å². The molecule has 2 rings (SSSR count). The van der Waals surface area contributed by atoms with Gasteiger partial charge in [-0.15, -0.1) is 0 Å². The fourth-order valence-corrected chi connectivity index (χ4v) is 1.80. The third kappa shape index (κ3) is 3.47. The molecule has 0 unspecified atom stereocenters. The lowest BCUT2D eigenvalue weighted by molar-refractivity contribution is 0.592. The molecule has 0 saturated heterocycles. The molecule has 0 aromatic heterocycles. The molecule has 1 nitrogen and oxygen atoms in total. The lowest BCUT2D eigenvalue weighted by Gasteiger charge is -2.04. The predicted molar refractivity (Wildman–Crippen MR) is 60.8 cm³/mol. The fraction of sp³-hybridized carbons (Fsp3) is 0.500. The normalized spacial score (nSPS) is 15.6. The van der Waals surface area contributed by atoms with E-state index < -0.39 is 0 Å². The standard InChI is InChI=1S/C12H15ClFN/c13-10-3-6-12(14)9(8-10)2-1-7-15-11-4-5-11/h3,6,8,11,15H,1-2,4-5,7H2. The summed E-state index contributed by atoms with van der Waals surface area (Å²) in [7, 11) is 0. The Morgan fingerprint density at radius 1 is 1.40 bits per heavy atom. The van der Waals surface area contributed by atoms with Crippen molar-refractivity contribution in [1.29, 1.82) is 0 Å². The van der Waals surface area contributed by atoms with Crippen LogP contribution in [-0.2, 0) is 6.42 Å². The molecule has 1 saturated carbocycles. The van der Waals surface area contributed by atoms with E-state index in [0.29, 0.717) is 5.02 Å². The third-order valence-corrected chi connectivity index (χ3v) is 2.88. The van der Waals surface area contributed by atoms with Gasteiger partial charge in [-0.3, -0.25) is 0 Å². The Labute approximate surface area is 94.6 Å². The first-order chi connectivity index (χ1) is 7.25. The zero-order valence-electron chi connectivity index (χ0n) is 8.60. The Hall–Kier alpha value is -0.600. The van der Waals surface area contributed by atoms with Gasteiger partial charge in [0.1, 0.15) is 5.82 Å². The molecule has 1 aromatic rings. The summed E-state index contributed by atoms with van der Waals surface area (Å²) in [6.45, 7) is 0.969. The van der Waals surface area contributed by atoms with Crippen LogP contribution in [0.1, 0.15) is 24.8 Å². The highest BCUT2D eigenvalue weighted by Gasteiger charge is 2.19. The molecule has 0 heterocycles. The highest BCUT2D eigenvalue weighted by atomic mass is 35.5. The summed E-state index contributed by atoms with van der Waals surface area (Å²) in [4.78, 5) is 0. The second-order valence-electron chi connectivity index (χ2n) is 4.07. The molecule has 1 aliphatic carbocycles. The van der Waals surface area contributed by atoms with Gasteiger partial charge >= 0.3 is 0 Å². The van der Waals surface area contributed by atoms with Crippen molar-refractivity contribution >= 4 is 11.6 Å². The van der Waals surface area contributed by atoms with Gasteiger partial charge in [0.05, 0.1) is 0 Å². The van der Waals surface area contributed by atoms with Gasteiger partial charge in [-0.25, -0.2) is 4.39 Å². The molecule has 0 bridgehead atoms. The molecule has 15 heavy (non-hydrogen) atoms. The zero-order chi connectivity index (χ0) is 10.7. The minimum absolute atomic E-state index is 0.147. The minimum atomic E-state index is -0.147. The van der Waals surface area contributed by atoms with E-state index in [0.717, 1.165) is 31.0 Å². The van der Waals surface area contributed by atoms with Crippen LogP contribution in [0.5, 0.6) is 0 Å².